The van der Waals surface area contributed by atoms with Crippen LogP contribution in [0.5, 0.6) is 5.75 Å². The van der Waals surface area contributed by atoms with Crippen LogP contribution in [-0.4, -0.2) is 41.8 Å². The van der Waals surface area contributed by atoms with E-state index in [4.69, 9.17) is 14.2 Å². The summed E-state index contributed by atoms with van der Waals surface area (Å²) in [6, 6.07) is 15.0. The summed E-state index contributed by atoms with van der Waals surface area (Å²) in [7, 11) is 0. The van der Waals surface area contributed by atoms with Crippen LogP contribution in [0.2, 0.25) is 0 Å². The fourth-order valence-electron chi connectivity index (χ4n) is 3.36. The van der Waals surface area contributed by atoms with Crippen molar-refractivity contribution in [3.63, 3.8) is 0 Å². The van der Waals surface area contributed by atoms with Crippen molar-refractivity contribution in [2.24, 2.45) is 0 Å². The molecule has 0 saturated carbocycles. The number of aryl methyl sites for hydroxylation is 1. The minimum atomic E-state index is -0.513. The van der Waals surface area contributed by atoms with Gasteiger partial charge >= 0.3 is 12.1 Å². The lowest BCUT2D eigenvalue weighted by molar-refractivity contribution is 0.0125. The highest BCUT2D eigenvalue weighted by Crippen LogP contribution is 2.26. The molecular formula is C25H31NO5. The minimum absolute atomic E-state index is 0.0823. The Morgan fingerprint density at radius 3 is 2.35 bits per heavy atom. The SMILES string of the molecule is Cc1ccc(C(=O)OCc2ccccc2)c(OC2CCN(C(=O)OC(C)(C)C)CC2)c1. The number of nitrogens with zero attached hydrogens (tertiary/aromatic N) is 1. The van der Waals surface area contributed by atoms with Crippen LogP contribution in [0.3, 0.4) is 0 Å². The van der Waals surface area contributed by atoms with Gasteiger partial charge in [0.25, 0.3) is 0 Å². The second-order valence-electron chi connectivity index (χ2n) is 8.85. The maximum atomic E-state index is 12.7. The maximum Gasteiger partial charge on any atom is 0.410 e. The highest BCUT2D eigenvalue weighted by Gasteiger charge is 2.28. The molecule has 0 aromatic heterocycles. The number of ether oxygens (including phenoxy) is 3. The van der Waals surface area contributed by atoms with Gasteiger partial charge in [-0.25, -0.2) is 9.59 Å². The first-order valence-corrected chi connectivity index (χ1v) is 10.7. The first kappa shape index (κ1) is 22.7. The summed E-state index contributed by atoms with van der Waals surface area (Å²) in [4.78, 5) is 26.7. The van der Waals surface area contributed by atoms with Gasteiger partial charge in [0.1, 0.15) is 29.6 Å². The van der Waals surface area contributed by atoms with E-state index in [-0.39, 0.29) is 18.8 Å². The molecule has 1 fully saturated rings. The van der Waals surface area contributed by atoms with Crippen molar-refractivity contribution >= 4 is 12.1 Å². The predicted octanol–water partition coefficient (Wildman–Crippen LogP) is 5.13. The summed E-state index contributed by atoms with van der Waals surface area (Å²) in [6.07, 6.45) is 0.963. The quantitative estimate of drug-likeness (QED) is 0.622. The molecule has 1 aliphatic heterocycles. The molecule has 166 valence electrons. The molecule has 31 heavy (non-hydrogen) atoms. The molecule has 1 amide bonds. The Balaban J connectivity index is 1.60. The zero-order valence-corrected chi connectivity index (χ0v) is 18.7. The van der Waals surface area contributed by atoms with Crippen LogP contribution in [0.15, 0.2) is 48.5 Å². The number of likely N-dealkylation sites (tertiary alicyclic amines) is 1. The minimum Gasteiger partial charge on any atom is -0.489 e. The van der Waals surface area contributed by atoms with Crippen molar-refractivity contribution in [1.29, 1.82) is 0 Å². The van der Waals surface area contributed by atoms with Gasteiger partial charge in [-0.1, -0.05) is 36.4 Å². The summed E-state index contributed by atoms with van der Waals surface area (Å²) >= 11 is 0. The number of esters is 1. The molecule has 0 spiro atoms. The Morgan fingerprint density at radius 1 is 1.03 bits per heavy atom. The van der Waals surface area contributed by atoms with Crippen LogP contribution in [0, 0.1) is 6.92 Å². The highest BCUT2D eigenvalue weighted by molar-refractivity contribution is 5.92. The summed E-state index contributed by atoms with van der Waals surface area (Å²) in [5.74, 6) is 0.110. The lowest BCUT2D eigenvalue weighted by Gasteiger charge is -2.33. The maximum absolute atomic E-state index is 12.7. The van der Waals surface area contributed by atoms with Crippen molar-refractivity contribution in [1.82, 2.24) is 4.90 Å². The summed E-state index contributed by atoms with van der Waals surface area (Å²) in [6.45, 7) is 8.85. The Kier molecular flexibility index (Phi) is 7.21. The number of carbonyl (C=O) groups excluding carboxylic acids is 2. The Hall–Kier alpha value is -3.02. The van der Waals surface area contributed by atoms with Crippen molar-refractivity contribution in [2.45, 2.75) is 58.8 Å². The van der Waals surface area contributed by atoms with Crippen molar-refractivity contribution in [2.75, 3.05) is 13.1 Å². The third kappa shape index (κ3) is 6.74. The Bertz CT molecular complexity index is 896. The van der Waals surface area contributed by atoms with Gasteiger partial charge in [-0.3, -0.25) is 0 Å². The number of hydrogen-bond donors (Lipinski definition) is 0. The van der Waals surface area contributed by atoms with E-state index < -0.39 is 11.6 Å². The average Bonchev–Trinajstić information content (AvgIpc) is 2.72. The standard InChI is InChI=1S/C25H31NO5/c1-18-10-11-21(23(27)29-17-19-8-6-5-7-9-19)22(16-18)30-20-12-14-26(15-13-20)24(28)31-25(2,3)4/h5-11,16,20H,12-15,17H2,1-4H3. The molecule has 0 unspecified atom stereocenters. The van der Waals surface area contributed by atoms with E-state index in [0.717, 1.165) is 11.1 Å². The van der Waals surface area contributed by atoms with Gasteiger partial charge in [-0.2, -0.15) is 0 Å². The molecule has 0 radical (unpaired) electrons. The van der Waals surface area contributed by atoms with Crippen LogP contribution < -0.4 is 4.74 Å². The van der Waals surface area contributed by atoms with E-state index in [1.54, 1.807) is 11.0 Å². The van der Waals surface area contributed by atoms with E-state index in [1.807, 2.05) is 70.2 Å². The lowest BCUT2D eigenvalue weighted by Crippen LogP contribution is -2.44. The lowest BCUT2D eigenvalue weighted by atomic mass is 10.1. The second kappa shape index (κ2) is 9.86. The van der Waals surface area contributed by atoms with Gasteiger partial charge in [0.2, 0.25) is 0 Å². The number of benzene rings is 2. The molecule has 0 N–H and O–H groups in total. The smallest absolute Gasteiger partial charge is 0.410 e. The normalized spacial score (nSPS) is 14.8. The molecule has 0 aliphatic carbocycles. The second-order valence-corrected chi connectivity index (χ2v) is 8.85. The number of hydrogen-bond acceptors (Lipinski definition) is 5. The number of rotatable bonds is 5. The average molecular weight is 426 g/mol. The molecule has 6 nitrogen and oxygen atoms in total. The Labute approximate surface area is 184 Å². The fraction of sp³-hybridized carbons (Fsp3) is 0.440. The fourth-order valence-corrected chi connectivity index (χ4v) is 3.36. The van der Waals surface area contributed by atoms with E-state index in [2.05, 4.69) is 0 Å². The van der Waals surface area contributed by atoms with Gasteiger partial charge in [-0.15, -0.1) is 0 Å². The van der Waals surface area contributed by atoms with Crippen LogP contribution >= 0.6 is 0 Å². The molecule has 0 atom stereocenters. The number of piperidine rings is 1. The largest absolute Gasteiger partial charge is 0.489 e. The highest BCUT2D eigenvalue weighted by atomic mass is 16.6. The zero-order chi connectivity index (χ0) is 22.4. The molecule has 3 rings (SSSR count). The van der Waals surface area contributed by atoms with Crippen molar-refractivity contribution in [3.8, 4) is 5.75 Å². The van der Waals surface area contributed by atoms with Gasteiger partial charge in [0, 0.05) is 25.9 Å². The number of carbonyl (C=O) groups is 2. The number of amides is 1. The molecule has 2 aromatic rings. The van der Waals surface area contributed by atoms with Crippen LogP contribution in [0.4, 0.5) is 4.79 Å². The topological polar surface area (TPSA) is 65.1 Å². The van der Waals surface area contributed by atoms with E-state index >= 15 is 0 Å². The molecule has 1 aliphatic rings. The van der Waals surface area contributed by atoms with Crippen LogP contribution in [0.1, 0.15) is 55.1 Å². The first-order valence-electron chi connectivity index (χ1n) is 10.7. The third-order valence-corrected chi connectivity index (χ3v) is 4.96. The molecule has 6 heteroatoms. The molecule has 2 aromatic carbocycles. The Morgan fingerprint density at radius 2 is 1.71 bits per heavy atom. The van der Waals surface area contributed by atoms with Crippen LogP contribution in [0.25, 0.3) is 0 Å². The van der Waals surface area contributed by atoms with Gasteiger partial charge < -0.3 is 19.1 Å². The van der Waals surface area contributed by atoms with Gasteiger partial charge in [0.05, 0.1) is 0 Å². The van der Waals surface area contributed by atoms with Gasteiger partial charge in [0.15, 0.2) is 0 Å². The first-order chi connectivity index (χ1) is 14.7. The molecule has 1 heterocycles. The zero-order valence-electron chi connectivity index (χ0n) is 18.7. The molecule has 0 bridgehead atoms. The van der Waals surface area contributed by atoms with Crippen molar-refractivity contribution < 1.29 is 23.8 Å². The third-order valence-electron chi connectivity index (χ3n) is 4.96. The molecule has 1 saturated heterocycles. The van der Waals surface area contributed by atoms with Crippen molar-refractivity contribution in [3.05, 3.63) is 65.2 Å². The monoisotopic (exact) mass is 425 g/mol. The van der Waals surface area contributed by atoms with E-state index in [0.29, 0.717) is 37.2 Å². The molecular weight excluding hydrogens is 394 g/mol. The van der Waals surface area contributed by atoms with Gasteiger partial charge in [-0.05, 0) is 51.0 Å². The summed E-state index contributed by atoms with van der Waals surface area (Å²) < 4.78 is 17.1. The summed E-state index contributed by atoms with van der Waals surface area (Å²) in [5, 5.41) is 0. The van der Waals surface area contributed by atoms with Crippen LogP contribution in [-0.2, 0) is 16.1 Å². The van der Waals surface area contributed by atoms with E-state index in [9.17, 15) is 9.59 Å². The van der Waals surface area contributed by atoms with E-state index in [1.165, 1.54) is 0 Å². The summed E-state index contributed by atoms with van der Waals surface area (Å²) in [5.41, 5.74) is 1.83. The predicted molar refractivity (Wildman–Crippen MR) is 118 cm³/mol.